The summed E-state index contributed by atoms with van der Waals surface area (Å²) < 4.78 is 10.9. The third-order valence-electron chi connectivity index (χ3n) is 11.1. The topological polar surface area (TPSA) is 163 Å². The number of nitrogens with zero attached hydrogens (tertiary/aromatic N) is 4. The number of hydrogen-bond acceptors (Lipinski definition) is 8. The molecule has 3 aliphatic rings. The number of nitrogens with one attached hydrogen (secondary N) is 3. The van der Waals surface area contributed by atoms with Gasteiger partial charge in [0, 0.05) is 32.4 Å². The lowest BCUT2D eigenvalue weighted by atomic mass is 9.96. The zero-order chi connectivity index (χ0) is 38.0. The van der Waals surface area contributed by atoms with E-state index in [1.807, 2.05) is 29.8 Å². The number of benzene rings is 2. The number of alkyl carbamates (subject to hydrolysis) is 1. The third-order valence-corrected chi connectivity index (χ3v) is 11.1. The molecular weight excluding hydrogens is 686 g/mol. The highest BCUT2D eigenvalue weighted by atomic mass is 16.5. The van der Waals surface area contributed by atoms with Crippen LogP contribution in [0.3, 0.4) is 0 Å². The van der Waals surface area contributed by atoms with Gasteiger partial charge in [0.1, 0.15) is 23.5 Å². The third kappa shape index (κ3) is 7.68. The van der Waals surface area contributed by atoms with Gasteiger partial charge in [-0.05, 0) is 60.8 Å². The van der Waals surface area contributed by atoms with Crippen molar-refractivity contribution in [1.82, 2.24) is 35.1 Å². The number of ether oxygens (including phenoxy) is 2. The molecule has 3 aliphatic heterocycles. The SMILES string of the molecule is COC(=O)N[C@H](C(=O)N1CCC[C@H]1c1ncc(-c2ccc(-c3ccc(-c4cnc([C@@H]5C[C@@]6(CCCO6)CN5C(=O)CCC(C)=O)[nH]4)cc3)cc2)[nH]1)C(C)C. The van der Waals surface area contributed by atoms with E-state index in [4.69, 9.17) is 14.5 Å². The molecular formula is C41H49N7O6. The molecule has 284 valence electrons. The number of hydrogen-bond donors (Lipinski definition) is 3. The van der Waals surface area contributed by atoms with Crippen LogP contribution in [0.25, 0.3) is 33.6 Å². The molecule has 0 aliphatic carbocycles. The highest BCUT2D eigenvalue weighted by Gasteiger charge is 2.49. The minimum Gasteiger partial charge on any atom is -0.453 e. The fourth-order valence-electron chi connectivity index (χ4n) is 8.10. The maximum Gasteiger partial charge on any atom is 0.407 e. The molecule has 3 N–H and O–H groups in total. The van der Waals surface area contributed by atoms with Gasteiger partial charge < -0.3 is 39.4 Å². The molecule has 0 bridgehead atoms. The monoisotopic (exact) mass is 735 g/mol. The summed E-state index contributed by atoms with van der Waals surface area (Å²) in [4.78, 5) is 70.3. The number of aromatic nitrogens is 4. The maximum absolute atomic E-state index is 13.5. The number of rotatable bonds is 11. The molecule has 54 heavy (non-hydrogen) atoms. The molecule has 1 spiro atoms. The number of methoxy groups -OCH3 is 1. The number of amides is 3. The lowest BCUT2D eigenvalue weighted by Gasteiger charge is -2.30. The Morgan fingerprint density at radius 1 is 0.870 bits per heavy atom. The molecule has 4 atom stereocenters. The van der Waals surface area contributed by atoms with Crippen molar-refractivity contribution in [2.24, 2.45) is 5.92 Å². The molecule has 7 rings (SSSR count). The molecule has 2 aromatic carbocycles. The summed E-state index contributed by atoms with van der Waals surface area (Å²) in [6, 6.07) is 15.4. The molecule has 0 radical (unpaired) electrons. The summed E-state index contributed by atoms with van der Waals surface area (Å²) in [5.41, 5.74) is 5.48. The first-order valence-electron chi connectivity index (χ1n) is 18.9. The van der Waals surface area contributed by atoms with E-state index in [1.54, 1.807) is 6.20 Å². The van der Waals surface area contributed by atoms with Crippen molar-refractivity contribution in [2.45, 2.75) is 89.4 Å². The summed E-state index contributed by atoms with van der Waals surface area (Å²) in [6.07, 6.45) is 7.65. The molecule has 3 amide bonds. The number of ketones is 1. The van der Waals surface area contributed by atoms with Crippen LogP contribution in [-0.4, -0.2) is 91.9 Å². The molecule has 3 fully saturated rings. The quantitative estimate of drug-likeness (QED) is 0.160. The van der Waals surface area contributed by atoms with E-state index in [1.165, 1.54) is 14.0 Å². The number of aromatic amines is 2. The second-order valence-electron chi connectivity index (χ2n) is 15.1. The van der Waals surface area contributed by atoms with Crippen LogP contribution in [0.1, 0.15) is 89.4 Å². The number of H-pyrrole nitrogens is 2. The fourth-order valence-corrected chi connectivity index (χ4v) is 8.10. The Labute approximate surface area is 315 Å². The van der Waals surface area contributed by atoms with Gasteiger partial charge in [-0.2, -0.15) is 0 Å². The number of carbonyl (C=O) groups excluding carboxylic acids is 4. The van der Waals surface area contributed by atoms with Crippen LogP contribution in [0.2, 0.25) is 0 Å². The Hall–Kier alpha value is -5.30. The van der Waals surface area contributed by atoms with Crippen molar-refractivity contribution in [3.8, 4) is 33.6 Å². The standard InChI is InChI=1S/C41H49N7O6/c1-25(2)36(46-40(52)53-4)39(51)47-19-5-7-33(47)37-42-22-31(44-37)29-13-9-27(10-14-29)28-11-15-30(16-12-28)32-23-43-38(45-32)34-21-41(18-6-20-54-41)24-48(34)35(50)17-8-26(3)49/h9-16,22-23,25,33-34,36H,5-8,17-21,24H2,1-4H3,(H,42,44)(H,43,45)(H,46,52)/t33-,34-,36-,41-/m0/s1. The van der Waals surface area contributed by atoms with Gasteiger partial charge in [-0.1, -0.05) is 62.4 Å². The van der Waals surface area contributed by atoms with Crippen LogP contribution in [-0.2, 0) is 23.9 Å². The van der Waals surface area contributed by atoms with Crippen LogP contribution < -0.4 is 5.32 Å². The first kappa shape index (κ1) is 37.0. The van der Waals surface area contributed by atoms with Gasteiger partial charge in [-0.3, -0.25) is 9.59 Å². The Morgan fingerprint density at radius 2 is 1.46 bits per heavy atom. The lowest BCUT2D eigenvalue weighted by molar-refractivity contribution is -0.135. The highest BCUT2D eigenvalue weighted by molar-refractivity contribution is 5.86. The summed E-state index contributed by atoms with van der Waals surface area (Å²) in [7, 11) is 1.29. The predicted molar refractivity (Wildman–Crippen MR) is 202 cm³/mol. The smallest absolute Gasteiger partial charge is 0.407 e. The molecule has 0 saturated carbocycles. The van der Waals surface area contributed by atoms with Gasteiger partial charge in [-0.15, -0.1) is 0 Å². The maximum atomic E-state index is 13.5. The highest BCUT2D eigenvalue weighted by Crippen LogP contribution is 2.45. The minimum atomic E-state index is -0.685. The largest absolute Gasteiger partial charge is 0.453 e. The second kappa shape index (κ2) is 15.6. The van der Waals surface area contributed by atoms with Crippen molar-refractivity contribution in [1.29, 1.82) is 0 Å². The molecule has 13 nitrogen and oxygen atoms in total. The fraction of sp³-hybridized carbons (Fsp3) is 0.463. The van der Waals surface area contributed by atoms with Crippen molar-refractivity contribution >= 4 is 23.7 Å². The van der Waals surface area contributed by atoms with E-state index in [9.17, 15) is 19.2 Å². The van der Waals surface area contributed by atoms with E-state index >= 15 is 0 Å². The summed E-state index contributed by atoms with van der Waals surface area (Å²) >= 11 is 0. The van der Waals surface area contributed by atoms with E-state index in [-0.39, 0.29) is 54.0 Å². The first-order chi connectivity index (χ1) is 26.0. The zero-order valence-electron chi connectivity index (χ0n) is 31.4. The molecule has 13 heteroatoms. The predicted octanol–water partition coefficient (Wildman–Crippen LogP) is 6.37. The van der Waals surface area contributed by atoms with Crippen LogP contribution >= 0.6 is 0 Å². The Bertz CT molecular complexity index is 1980. The first-order valence-corrected chi connectivity index (χ1v) is 18.9. The van der Waals surface area contributed by atoms with Gasteiger partial charge in [-0.25, -0.2) is 14.8 Å². The minimum absolute atomic E-state index is 0.00746. The van der Waals surface area contributed by atoms with Crippen molar-refractivity contribution in [2.75, 3.05) is 26.8 Å². The Kier molecular flexibility index (Phi) is 10.7. The second-order valence-corrected chi connectivity index (χ2v) is 15.1. The van der Waals surface area contributed by atoms with E-state index in [2.05, 4.69) is 68.8 Å². The molecule has 3 saturated heterocycles. The normalized spacial score (nSPS) is 21.6. The average Bonchev–Trinajstić information content (AvgIpc) is 4.03. The van der Waals surface area contributed by atoms with Crippen LogP contribution in [0.5, 0.6) is 0 Å². The van der Waals surface area contributed by atoms with Gasteiger partial charge in [0.05, 0.1) is 55.1 Å². The van der Waals surface area contributed by atoms with Crippen LogP contribution in [0.4, 0.5) is 4.79 Å². The van der Waals surface area contributed by atoms with Crippen molar-refractivity contribution < 1.29 is 28.7 Å². The van der Waals surface area contributed by atoms with Crippen LogP contribution in [0.15, 0.2) is 60.9 Å². The van der Waals surface area contributed by atoms with Gasteiger partial charge in [0.15, 0.2) is 0 Å². The number of Topliss-reactive ketones (excluding diaryl/α,β-unsaturated/α-hetero) is 1. The lowest BCUT2D eigenvalue weighted by Crippen LogP contribution is -2.51. The molecule has 4 aromatic rings. The summed E-state index contributed by atoms with van der Waals surface area (Å²) in [5.74, 6) is 1.19. The van der Waals surface area contributed by atoms with Crippen molar-refractivity contribution in [3.05, 3.63) is 72.6 Å². The molecule has 0 unspecified atom stereocenters. The number of likely N-dealkylation sites (tertiary alicyclic amines) is 2. The van der Waals surface area contributed by atoms with Gasteiger partial charge in [0.2, 0.25) is 11.8 Å². The average molecular weight is 736 g/mol. The summed E-state index contributed by atoms with van der Waals surface area (Å²) in [5, 5.41) is 2.69. The van der Waals surface area contributed by atoms with E-state index in [0.717, 1.165) is 71.0 Å². The van der Waals surface area contributed by atoms with Gasteiger partial charge in [0.25, 0.3) is 0 Å². The number of carbonyl (C=O) groups is 4. The Morgan fingerprint density at radius 3 is 2.00 bits per heavy atom. The Balaban J connectivity index is 1.01. The van der Waals surface area contributed by atoms with Crippen molar-refractivity contribution in [3.63, 3.8) is 0 Å². The van der Waals surface area contributed by atoms with E-state index in [0.29, 0.717) is 26.1 Å². The van der Waals surface area contributed by atoms with Gasteiger partial charge >= 0.3 is 6.09 Å². The van der Waals surface area contributed by atoms with E-state index < -0.39 is 12.1 Å². The molecule has 2 aromatic heterocycles. The number of imidazole rings is 2. The molecule has 5 heterocycles. The zero-order valence-corrected chi connectivity index (χ0v) is 31.4. The van der Waals surface area contributed by atoms with Crippen LogP contribution in [0, 0.1) is 5.92 Å². The summed E-state index contributed by atoms with van der Waals surface area (Å²) in [6.45, 7) is 7.14.